The van der Waals surface area contributed by atoms with E-state index in [0.717, 1.165) is 161 Å². The van der Waals surface area contributed by atoms with Crippen LogP contribution >= 0.6 is 0 Å². The molecular weight excluding hydrogens is 1010 g/mol. The molecule has 0 rings (SSSR count). The van der Waals surface area contributed by atoms with Gasteiger partial charge >= 0.3 is 17.9 Å². The molecule has 0 bridgehead atoms. The summed E-state index contributed by atoms with van der Waals surface area (Å²) in [6, 6.07) is 0. The molecule has 0 aromatic rings. The first-order valence-electron chi connectivity index (χ1n) is 33.8. The topological polar surface area (TPSA) is 78.9 Å². The molecule has 6 heteroatoms. The summed E-state index contributed by atoms with van der Waals surface area (Å²) >= 11 is 0. The van der Waals surface area contributed by atoms with Gasteiger partial charge in [-0.2, -0.15) is 0 Å². The van der Waals surface area contributed by atoms with Crippen molar-refractivity contribution >= 4 is 17.9 Å². The van der Waals surface area contributed by atoms with Crippen molar-refractivity contribution in [1.29, 1.82) is 0 Å². The Bertz CT molecular complexity index is 1780. The number of unbranched alkanes of at least 4 members (excludes halogenated alkanes) is 25. The number of allylic oxidation sites excluding steroid dienone is 24. The van der Waals surface area contributed by atoms with E-state index in [9.17, 15) is 14.4 Å². The fourth-order valence-electron chi connectivity index (χ4n) is 9.06. The van der Waals surface area contributed by atoms with Crippen LogP contribution in [0.25, 0.3) is 0 Å². The van der Waals surface area contributed by atoms with Gasteiger partial charge in [0.1, 0.15) is 13.2 Å². The van der Waals surface area contributed by atoms with E-state index in [1.807, 2.05) is 0 Å². The van der Waals surface area contributed by atoms with Crippen LogP contribution in [-0.2, 0) is 28.6 Å². The molecule has 0 heterocycles. The zero-order valence-electron chi connectivity index (χ0n) is 53.2. The molecule has 0 aromatic heterocycles. The highest BCUT2D eigenvalue weighted by molar-refractivity contribution is 5.71. The molecule has 0 spiro atoms. The Hall–Kier alpha value is -4.71. The van der Waals surface area contributed by atoms with E-state index in [0.29, 0.717) is 19.3 Å². The van der Waals surface area contributed by atoms with Gasteiger partial charge in [-0.3, -0.25) is 14.4 Å². The minimum atomic E-state index is -0.804. The normalized spacial score (nSPS) is 13.1. The number of carbonyl (C=O) groups excluding carboxylic acids is 3. The molecule has 0 aliphatic carbocycles. The van der Waals surface area contributed by atoms with Gasteiger partial charge < -0.3 is 14.2 Å². The van der Waals surface area contributed by atoms with Crippen molar-refractivity contribution in [3.05, 3.63) is 146 Å². The first-order valence-corrected chi connectivity index (χ1v) is 33.8. The van der Waals surface area contributed by atoms with Crippen molar-refractivity contribution in [1.82, 2.24) is 0 Å². The van der Waals surface area contributed by atoms with Crippen molar-refractivity contribution in [2.24, 2.45) is 0 Å². The highest BCUT2D eigenvalue weighted by Crippen LogP contribution is 2.15. The summed E-state index contributed by atoms with van der Waals surface area (Å²) in [7, 11) is 0. The van der Waals surface area contributed by atoms with Crippen molar-refractivity contribution < 1.29 is 28.6 Å². The third-order valence-corrected chi connectivity index (χ3v) is 14.1. The Morgan fingerprint density at radius 1 is 0.256 bits per heavy atom. The molecule has 6 nitrogen and oxygen atoms in total. The minimum Gasteiger partial charge on any atom is -0.462 e. The molecule has 82 heavy (non-hydrogen) atoms. The van der Waals surface area contributed by atoms with Crippen LogP contribution in [0.2, 0.25) is 0 Å². The lowest BCUT2D eigenvalue weighted by Gasteiger charge is -2.18. The van der Waals surface area contributed by atoms with Gasteiger partial charge in [-0.15, -0.1) is 0 Å². The number of hydrogen-bond donors (Lipinski definition) is 0. The summed E-state index contributed by atoms with van der Waals surface area (Å²) in [6.45, 7) is 6.40. The molecule has 0 aliphatic heterocycles. The summed E-state index contributed by atoms with van der Waals surface area (Å²) in [6.07, 6.45) is 98.5. The van der Waals surface area contributed by atoms with Gasteiger partial charge in [0.2, 0.25) is 0 Å². The fourth-order valence-corrected chi connectivity index (χ4v) is 9.06. The Labute approximate surface area is 506 Å². The van der Waals surface area contributed by atoms with Crippen LogP contribution < -0.4 is 0 Å². The van der Waals surface area contributed by atoms with E-state index in [-0.39, 0.29) is 31.1 Å². The van der Waals surface area contributed by atoms with Crippen LogP contribution in [0.5, 0.6) is 0 Å². The quantitative estimate of drug-likeness (QED) is 0.0261. The minimum absolute atomic E-state index is 0.0968. The van der Waals surface area contributed by atoms with Crippen LogP contribution in [0.4, 0.5) is 0 Å². The second-order valence-corrected chi connectivity index (χ2v) is 22.0. The Morgan fingerprint density at radius 3 is 0.756 bits per heavy atom. The van der Waals surface area contributed by atoms with Crippen LogP contribution in [0.3, 0.4) is 0 Å². The maximum absolute atomic E-state index is 12.9. The van der Waals surface area contributed by atoms with Gasteiger partial charge in [-0.1, -0.05) is 282 Å². The van der Waals surface area contributed by atoms with E-state index in [1.54, 1.807) is 0 Å². The van der Waals surface area contributed by atoms with Crippen molar-refractivity contribution in [3.63, 3.8) is 0 Å². The molecule has 0 amide bonds. The summed E-state index contributed by atoms with van der Waals surface area (Å²) in [5.41, 5.74) is 0. The molecule has 0 radical (unpaired) electrons. The second kappa shape index (κ2) is 68.8. The van der Waals surface area contributed by atoms with E-state index in [4.69, 9.17) is 14.2 Å². The third kappa shape index (κ3) is 66.1. The zero-order valence-corrected chi connectivity index (χ0v) is 53.2. The van der Waals surface area contributed by atoms with Crippen LogP contribution in [0.15, 0.2) is 146 Å². The Morgan fingerprint density at radius 2 is 0.476 bits per heavy atom. The van der Waals surface area contributed by atoms with Crippen molar-refractivity contribution in [2.45, 2.75) is 303 Å². The average molecular weight is 1130 g/mol. The van der Waals surface area contributed by atoms with Crippen LogP contribution in [-0.4, -0.2) is 37.2 Å². The molecule has 0 aliphatic rings. The number of hydrogen-bond acceptors (Lipinski definition) is 6. The molecule has 1 unspecified atom stereocenters. The van der Waals surface area contributed by atoms with Crippen LogP contribution in [0, 0.1) is 0 Å². The largest absolute Gasteiger partial charge is 0.462 e. The maximum atomic E-state index is 12.9. The summed E-state index contributed by atoms with van der Waals surface area (Å²) in [5, 5.41) is 0. The summed E-state index contributed by atoms with van der Waals surface area (Å²) in [4.78, 5) is 38.4. The molecule has 464 valence electrons. The van der Waals surface area contributed by atoms with E-state index in [1.165, 1.54) is 96.3 Å². The summed E-state index contributed by atoms with van der Waals surface area (Å²) < 4.78 is 16.9. The lowest BCUT2D eigenvalue weighted by molar-refractivity contribution is -0.167. The number of rotatable bonds is 60. The van der Waals surface area contributed by atoms with Crippen molar-refractivity contribution in [3.8, 4) is 0 Å². The second-order valence-electron chi connectivity index (χ2n) is 22.0. The highest BCUT2D eigenvalue weighted by atomic mass is 16.6. The standard InChI is InChI=1S/C76H124O6/c1-4-7-10-13-16-19-22-25-28-31-34-35-36-37-38-39-40-41-43-45-48-51-54-57-60-63-66-69-75(78)81-72-73(71-80-74(77)68-65-62-59-56-53-50-47-44-33-30-27-24-21-18-15-12-9-6-3)82-76(79)70-67-64-61-58-55-52-49-46-42-32-29-26-23-20-17-14-11-8-5-2/h7-8,10-11,16-17,19-20,25-26,28-30,33-35,37-38,40-42,45-46,48,73H,4-6,9,12-15,18,21-24,27,31-32,36,39,43-44,47,49-72H2,1-3H3/b10-7-,11-8-,19-16-,20-17-,28-25-,29-26-,33-30-,35-34-,38-37-,41-40-,46-42-,48-45-. The third-order valence-electron chi connectivity index (χ3n) is 14.1. The molecule has 0 saturated heterocycles. The fraction of sp³-hybridized carbons (Fsp3) is 0.645. The molecule has 1 atom stereocenters. The monoisotopic (exact) mass is 1130 g/mol. The van der Waals surface area contributed by atoms with Crippen molar-refractivity contribution in [2.75, 3.05) is 13.2 Å². The lowest BCUT2D eigenvalue weighted by Crippen LogP contribution is -2.30. The van der Waals surface area contributed by atoms with E-state index >= 15 is 0 Å². The maximum Gasteiger partial charge on any atom is 0.306 e. The van der Waals surface area contributed by atoms with Gasteiger partial charge in [-0.05, 0) is 141 Å². The van der Waals surface area contributed by atoms with E-state index < -0.39 is 6.10 Å². The van der Waals surface area contributed by atoms with Gasteiger partial charge in [-0.25, -0.2) is 0 Å². The Kier molecular flexibility index (Phi) is 64.8. The lowest BCUT2D eigenvalue weighted by atomic mass is 10.1. The average Bonchev–Trinajstić information content (AvgIpc) is 3.47. The van der Waals surface area contributed by atoms with Gasteiger partial charge in [0.05, 0.1) is 0 Å². The molecular formula is C76H124O6. The molecule has 0 aromatic carbocycles. The molecule has 0 N–H and O–H groups in total. The SMILES string of the molecule is CC/C=C\C/C=C\C/C=C\C/C=C\C/C=C\C/C=C\C/C=C\CCCCCCCC(=O)OCC(COC(=O)CCCCCCCCC/C=C\CCCCCCCCC)OC(=O)CCCCCCCC/C=C\C/C=C\C/C=C\C/C=C\CC. The predicted octanol–water partition coefficient (Wildman–Crippen LogP) is 23.5. The van der Waals surface area contributed by atoms with Gasteiger partial charge in [0, 0.05) is 19.3 Å². The number of ether oxygens (including phenoxy) is 3. The number of carbonyl (C=O) groups is 3. The first kappa shape index (κ1) is 77.3. The highest BCUT2D eigenvalue weighted by Gasteiger charge is 2.19. The summed E-state index contributed by atoms with van der Waals surface area (Å²) in [5.74, 6) is -0.931. The number of esters is 3. The molecule has 0 saturated carbocycles. The zero-order chi connectivity index (χ0) is 59.2. The smallest absolute Gasteiger partial charge is 0.306 e. The Balaban J connectivity index is 4.46. The van der Waals surface area contributed by atoms with Crippen LogP contribution in [0.1, 0.15) is 297 Å². The first-order chi connectivity index (χ1) is 40.5. The predicted molar refractivity (Wildman–Crippen MR) is 357 cm³/mol. The van der Waals surface area contributed by atoms with E-state index in [2.05, 4.69) is 167 Å². The molecule has 0 fully saturated rings. The van der Waals surface area contributed by atoms with Gasteiger partial charge in [0.15, 0.2) is 6.10 Å². The van der Waals surface area contributed by atoms with Gasteiger partial charge in [0.25, 0.3) is 0 Å².